The average Bonchev–Trinajstić information content (AvgIpc) is 2.75. The van der Waals surface area contributed by atoms with Crippen LogP contribution in [0.3, 0.4) is 0 Å². The highest BCUT2D eigenvalue weighted by molar-refractivity contribution is 9.10. The number of hydrogen-bond donors (Lipinski definition) is 0. The highest BCUT2D eigenvalue weighted by Gasteiger charge is 2.37. The lowest BCUT2D eigenvalue weighted by Crippen LogP contribution is -2.27. The Balaban J connectivity index is 2.30. The Bertz CT molecular complexity index is 550. The van der Waals surface area contributed by atoms with E-state index in [0.29, 0.717) is 0 Å². The molecule has 0 saturated carbocycles. The molecule has 4 nitrogen and oxygen atoms in total. The van der Waals surface area contributed by atoms with Gasteiger partial charge >= 0.3 is 5.97 Å². The molecular formula is C12H10BrF2NO3. The molecular weight excluding hydrogens is 324 g/mol. The second-order valence-electron chi connectivity index (χ2n) is 4.15. The quantitative estimate of drug-likeness (QED) is 0.616. The molecule has 1 fully saturated rings. The summed E-state index contributed by atoms with van der Waals surface area (Å²) in [7, 11) is 1.22. The maximum absolute atomic E-state index is 13.8. The van der Waals surface area contributed by atoms with Gasteiger partial charge in [0.25, 0.3) is 0 Å². The number of nitrogens with zero attached hydrogens (tertiary/aromatic N) is 1. The lowest BCUT2D eigenvalue weighted by Gasteiger charge is -2.17. The van der Waals surface area contributed by atoms with E-state index < -0.39 is 29.4 Å². The number of rotatable bonds is 2. The second-order valence-corrected chi connectivity index (χ2v) is 5.00. The molecule has 1 unspecified atom stereocenters. The zero-order chi connectivity index (χ0) is 14.2. The average molecular weight is 334 g/mol. The Kier molecular flexibility index (Phi) is 3.84. The van der Waals surface area contributed by atoms with Crippen molar-refractivity contribution in [2.24, 2.45) is 5.92 Å². The first-order valence-corrected chi connectivity index (χ1v) is 6.26. The fraction of sp³-hybridized carbons (Fsp3) is 0.333. The van der Waals surface area contributed by atoms with Crippen molar-refractivity contribution in [2.45, 2.75) is 6.42 Å². The molecule has 19 heavy (non-hydrogen) atoms. The third-order valence-electron chi connectivity index (χ3n) is 2.94. The highest BCUT2D eigenvalue weighted by atomic mass is 79.9. The van der Waals surface area contributed by atoms with Gasteiger partial charge in [-0.25, -0.2) is 8.78 Å². The largest absolute Gasteiger partial charge is 0.469 e. The summed E-state index contributed by atoms with van der Waals surface area (Å²) < 4.78 is 31.7. The van der Waals surface area contributed by atoms with Gasteiger partial charge < -0.3 is 9.64 Å². The van der Waals surface area contributed by atoms with E-state index in [4.69, 9.17) is 0 Å². The molecule has 1 aromatic carbocycles. The number of hydrogen-bond acceptors (Lipinski definition) is 3. The van der Waals surface area contributed by atoms with Gasteiger partial charge in [-0.3, -0.25) is 9.59 Å². The molecule has 0 spiro atoms. The number of esters is 1. The molecule has 0 bridgehead atoms. The molecule has 1 heterocycles. The van der Waals surface area contributed by atoms with Crippen molar-refractivity contribution >= 4 is 33.5 Å². The van der Waals surface area contributed by atoms with Gasteiger partial charge in [0.1, 0.15) is 11.6 Å². The van der Waals surface area contributed by atoms with E-state index in [1.807, 2.05) is 0 Å². The Morgan fingerprint density at radius 2 is 2.11 bits per heavy atom. The minimum absolute atomic E-state index is 0.0104. The van der Waals surface area contributed by atoms with Gasteiger partial charge in [-0.15, -0.1) is 0 Å². The summed E-state index contributed by atoms with van der Waals surface area (Å²) in [6, 6.07) is 1.88. The fourth-order valence-corrected chi connectivity index (χ4v) is 2.30. The molecule has 0 aliphatic carbocycles. The number of benzene rings is 1. The number of methoxy groups -OCH3 is 1. The first kappa shape index (κ1) is 13.9. The van der Waals surface area contributed by atoms with E-state index in [2.05, 4.69) is 20.7 Å². The zero-order valence-electron chi connectivity index (χ0n) is 9.95. The molecule has 0 N–H and O–H groups in total. The van der Waals surface area contributed by atoms with E-state index in [0.717, 1.165) is 17.0 Å². The first-order valence-electron chi connectivity index (χ1n) is 5.46. The van der Waals surface area contributed by atoms with Crippen molar-refractivity contribution in [3.8, 4) is 0 Å². The van der Waals surface area contributed by atoms with E-state index in [-0.39, 0.29) is 23.1 Å². The summed E-state index contributed by atoms with van der Waals surface area (Å²) >= 11 is 2.86. The Morgan fingerprint density at radius 1 is 1.42 bits per heavy atom. The molecule has 1 aliphatic rings. The van der Waals surface area contributed by atoms with Crippen molar-refractivity contribution in [1.29, 1.82) is 0 Å². The van der Waals surface area contributed by atoms with E-state index in [9.17, 15) is 18.4 Å². The van der Waals surface area contributed by atoms with Crippen LogP contribution in [0, 0.1) is 17.6 Å². The lowest BCUT2D eigenvalue weighted by molar-refractivity contribution is -0.145. The third-order valence-corrected chi connectivity index (χ3v) is 3.55. The summed E-state index contributed by atoms with van der Waals surface area (Å²) in [6.45, 7) is -0.0104. The van der Waals surface area contributed by atoms with Crippen molar-refractivity contribution in [3.05, 3.63) is 28.2 Å². The summed E-state index contributed by atoms with van der Waals surface area (Å²) in [4.78, 5) is 24.2. The minimum atomic E-state index is -0.729. The van der Waals surface area contributed by atoms with Crippen LogP contribution < -0.4 is 4.90 Å². The third kappa shape index (κ3) is 2.60. The van der Waals surface area contributed by atoms with Gasteiger partial charge in [-0.2, -0.15) is 0 Å². The van der Waals surface area contributed by atoms with Crippen molar-refractivity contribution in [1.82, 2.24) is 0 Å². The normalized spacial score (nSPS) is 18.8. The SMILES string of the molecule is COC(=O)C1CC(=O)N(c2cc(F)c(Br)cc2F)C1. The second kappa shape index (κ2) is 5.24. The number of carbonyl (C=O) groups excluding carboxylic acids is 2. The van der Waals surface area contributed by atoms with Crippen molar-refractivity contribution < 1.29 is 23.1 Å². The van der Waals surface area contributed by atoms with Gasteiger partial charge in [0.2, 0.25) is 5.91 Å². The molecule has 102 valence electrons. The van der Waals surface area contributed by atoms with Gasteiger partial charge in [0.15, 0.2) is 0 Å². The van der Waals surface area contributed by atoms with Crippen LogP contribution in [0.25, 0.3) is 0 Å². The number of anilines is 1. The van der Waals surface area contributed by atoms with Crippen LogP contribution in [0.5, 0.6) is 0 Å². The van der Waals surface area contributed by atoms with Crippen LogP contribution in [0.15, 0.2) is 16.6 Å². The number of halogens is 3. The highest BCUT2D eigenvalue weighted by Crippen LogP contribution is 2.31. The zero-order valence-corrected chi connectivity index (χ0v) is 11.5. The maximum atomic E-state index is 13.8. The van der Waals surface area contributed by atoms with E-state index >= 15 is 0 Å². The van der Waals surface area contributed by atoms with Crippen molar-refractivity contribution in [3.63, 3.8) is 0 Å². The topological polar surface area (TPSA) is 46.6 Å². The maximum Gasteiger partial charge on any atom is 0.311 e. The van der Waals surface area contributed by atoms with Crippen LogP contribution in [-0.4, -0.2) is 25.5 Å². The predicted octanol–water partition coefficient (Wildman–Crippen LogP) is 2.25. The van der Waals surface area contributed by atoms with Crippen LogP contribution in [0.1, 0.15) is 6.42 Å². The van der Waals surface area contributed by atoms with Gasteiger partial charge in [0.05, 0.1) is 23.2 Å². The van der Waals surface area contributed by atoms with Crippen LogP contribution in [0.4, 0.5) is 14.5 Å². The number of carbonyl (C=O) groups is 2. The summed E-state index contributed by atoms with van der Waals surface area (Å²) in [5.41, 5.74) is -0.169. The van der Waals surface area contributed by atoms with E-state index in [1.165, 1.54) is 7.11 Å². The molecule has 7 heteroatoms. The van der Waals surface area contributed by atoms with Gasteiger partial charge in [-0.05, 0) is 22.0 Å². The Labute approximate surface area is 116 Å². The molecule has 0 radical (unpaired) electrons. The molecule has 0 aromatic heterocycles. The lowest BCUT2D eigenvalue weighted by atomic mass is 10.1. The van der Waals surface area contributed by atoms with Crippen molar-refractivity contribution in [2.75, 3.05) is 18.6 Å². The standard InChI is InChI=1S/C12H10BrF2NO3/c1-19-12(18)6-2-11(17)16(5-6)10-4-8(14)7(13)3-9(10)15/h3-4,6H,2,5H2,1H3. The van der Waals surface area contributed by atoms with Crippen LogP contribution in [-0.2, 0) is 14.3 Å². The van der Waals surface area contributed by atoms with Crippen LogP contribution in [0.2, 0.25) is 0 Å². The van der Waals surface area contributed by atoms with E-state index in [1.54, 1.807) is 0 Å². The minimum Gasteiger partial charge on any atom is -0.469 e. The fourth-order valence-electron chi connectivity index (χ4n) is 1.98. The monoisotopic (exact) mass is 333 g/mol. The molecule has 1 amide bonds. The summed E-state index contributed by atoms with van der Waals surface area (Å²) in [6.07, 6.45) is -0.0657. The molecule has 1 atom stereocenters. The Morgan fingerprint density at radius 3 is 2.74 bits per heavy atom. The van der Waals surface area contributed by atoms with Gasteiger partial charge in [-0.1, -0.05) is 0 Å². The Hall–Kier alpha value is -1.50. The molecule has 1 aliphatic heterocycles. The molecule has 2 rings (SSSR count). The predicted molar refractivity (Wildman–Crippen MR) is 66.5 cm³/mol. The summed E-state index contributed by atoms with van der Waals surface area (Å²) in [5, 5.41) is 0. The number of amides is 1. The molecule has 1 saturated heterocycles. The molecule has 1 aromatic rings. The first-order chi connectivity index (χ1) is 8.93. The number of ether oxygens (including phenoxy) is 1. The smallest absolute Gasteiger partial charge is 0.311 e. The van der Waals surface area contributed by atoms with Gasteiger partial charge in [0, 0.05) is 19.0 Å². The van der Waals surface area contributed by atoms with Crippen LogP contribution >= 0.6 is 15.9 Å². The summed E-state index contributed by atoms with van der Waals surface area (Å²) in [5.74, 6) is -3.02.